The second-order valence-electron chi connectivity index (χ2n) is 9.71. The number of hydrogen-bond acceptors (Lipinski definition) is 5. The van der Waals surface area contributed by atoms with E-state index < -0.39 is 0 Å². The minimum absolute atomic E-state index is 0.143. The fraction of sp³-hybridized carbons (Fsp3) is 0.355. The second kappa shape index (κ2) is 13.0. The molecule has 0 radical (unpaired) electrons. The molecule has 0 aliphatic heterocycles. The number of aryl methyl sites for hydroxylation is 1. The van der Waals surface area contributed by atoms with Gasteiger partial charge in [-0.15, -0.1) is 0 Å². The molecular weight excluding hydrogens is 474 g/mol. The van der Waals surface area contributed by atoms with Gasteiger partial charge in [0.1, 0.15) is 0 Å². The van der Waals surface area contributed by atoms with Crippen LogP contribution in [-0.2, 0) is 6.42 Å². The van der Waals surface area contributed by atoms with Gasteiger partial charge in [0.2, 0.25) is 5.95 Å². The number of fused-ring (bicyclic) bond motifs is 1. The zero-order valence-corrected chi connectivity index (χ0v) is 22.5. The monoisotopic (exact) mass is 511 g/mol. The number of carbonyl (C=O) groups is 1. The van der Waals surface area contributed by atoms with Crippen LogP contribution in [0.3, 0.4) is 0 Å². The Kier molecular flexibility index (Phi) is 9.25. The number of carbonyl (C=O) groups excluding carboxylic acids is 1. The highest BCUT2D eigenvalue weighted by Crippen LogP contribution is 2.20. The van der Waals surface area contributed by atoms with Gasteiger partial charge in [-0.2, -0.15) is 4.98 Å². The Morgan fingerprint density at radius 2 is 1.74 bits per heavy atom. The molecule has 4 aromatic rings. The number of nitrogens with zero attached hydrogens (tertiary/aromatic N) is 3. The van der Waals surface area contributed by atoms with Crippen molar-refractivity contribution in [2.75, 3.05) is 18.4 Å². The Labute approximate surface area is 224 Å². The molecule has 7 nitrogen and oxygen atoms in total. The summed E-state index contributed by atoms with van der Waals surface area (Å²) in [4.78, 5) is 35.0. The molecule has 2 aromatic heterocycles. The van der Waals surface area contributed by atoms with E-state index in [1.807, 2.05) is 37.3 Å². The lowest BCUT2D eigenvalue weighted by Crippen LogP contribution is -2.25. The van der Waals surface area contributed by atoms with Crippen LogP contribution in [0.1, 0.15) is 61.1 Å². The van der Waals surface area contributed by atoms with Gasteiger partial charge in [-0.05, 0) is 61.6 Å². The molecule has 1 unspecified atom stereocenters. The summed E-state index contributed by atoms with van der Waals surface area (Å²) in [6, 6.07) is 20.4. The van der Waals surface area contributed by atoms with Gasteiger partial charge in [-0.3, -0.25) is 14.2 Å². The lowest BCUT2D eigenvalue weighted by Gasteiger charge is -2.17. The summed E-state index contributed by atoms with van der Waals surface area (Å²) < 4.78 is 1.58. The molecule has 2 aromatic carbocycles. The van der Waals surface area contributed by atoms with Gasteiger partial charge in [-0.1, -0.05) is 63.4 Å². The number of benzene rings is 2. The number of hydrogen-bond donors (Lipinski definition) is 2. The van der Waals surface area contributed by atoms with E-state index in [1.54, 1.807) is 34.9 Å². The maximum absolute atomic E-state index is 13.0. The molecule has 1 amide bonds. The minimum atomic E-state index is -0.184. The molecule has 1 atom stereocenters. The second-order valence-corrected chi connectivity index (χ2v) is 9.71. The van der Waals surface area contributed by atoms with E-state index >= 15 is 0 Å². The fourth-order valence-electron chi connectivity index (χ4n) is 4.60. The smallest absolute Gasteiger partial charge is 0.256 e. The first-order valence-corrected chi connectivity index (χ1v) is 13.6. The molecule has 7 heteroatoms. The van der Waals surface area contributed by atoms with Crippen molar-refractivity contribution in [3.63, 3.8) is 0 Å². The van der Waals surface area contributed by atoms with Crippen molar-refractivity contribution in [1.82, 2.24) is 19.9 Å². The van der Waals surface area contributed by atoms with Crippen LogP contribution in [0.2, 0.25) is 0 Å². The highest BCUT2D eigenvalue weighted by atomic mass is 16.1. The first-order chi connectivity index (χ1) is 18.5. The Morgan fingerprint density at radius 3 is 2.45 bits per heavy atom. The van der Waals surface area contributed by atoms with Gasteiger partial charge in [0.15, 0.2) is 5.65 Å². The first kappa shape index (κ1) is 27.0. The van der Waals surface area contributed by atoms with Gasteiger partial charge in [-0.25, -0.2) is 4.98 Å². The van der Waals surface area contributed by atoms with Crippen LogP contribution in [0, 0.1) is 12.8 Å². The fourth-order valence-corrected chi connectivity index (χ4v) is 4.60. The highest BCUT2D eigenvalue weighted by Gasteiger charge is 2.14. The van der Waals surface area contributed by atoms with Crippen LogP contribution < -0.4 is 16.2 Å². The summed E-state index contributed by atoms with van der Waals surface area (Å²) in [5.41, 5.74) is 3.55. The molecular formula is C31H37N5O2. The Morgan fingerprint density at radius 1 is 0.974 bits per heavy atom. The molecule has 0 aliphatic carbocycles. The van der Waals surface area contributed by atoms with E-state index in [0.29, 0.717) is 35.3 Å². The van der Waals surface area contributed by atoms with Crippen LogP contribution >= 0.6 is 0 Å². The van der Waals surface area contributed by atoms with Crippen LogP contribution in [0.15, 0.2) is 71.5 Å². The average Bonchev–Trinajstić information content (AvgIpc) is 2.93. The third kappa shape index (κ3) is 6.65. The topological polar surface area (TPSA) is 88.9 Å². The van der Waals surface area contributed by atoms with E-state index in [-0.39, 0.29) is 11.5 Å². The molecule has 0 aliphatic rings. The van der Waals surface area contributed by atoms with Gasteiger partial charge in [0.25, 0.3) is 11.5 Å². The van der Waals surface area contributed by atoms with Crippen LogP contribution in [-0.4, -0.2) is 33.5 Å². The zero-order valence-electron chi connectivity index (χ0n) is 22.5. The maximum Gasteiger partial charge on any atom is 0.256 e. The van der Waals surface area contributed by atoms with Crippen molar-refractivity contribution < 1.29 is 4.79 Å². The molecule has 2 N–H and O–H groups in total. The number of rotatable bonds is 12. The molecule has 0 bridgehead atoms. The molecule has 38 heavy (non-hydrogen) atoms. The van der Waals surface area contributed by atoms with Crippen molar-refractivity contribution in [3.05, 3.63) is 93.9 Å². The van der Waals surface area contributed by atoms with E-state index in [0.717, 1.165) is 30.5 Å². The first-order valence-electron chi connectivity index (χ1n) is 13.6. The minimum Gasteiger partial charge on any atom is -0.354 e. The largest absolute Gasteiger partial charge is 0.354 e. The number of nitrogens with one attached hydrogen (secondary N) is 2. The van der Waals surface area contributed by atoms with E-state index in [4.69, 9.17) is 4.98 Å². The normalized spacial score (nSPS) is 11.9. The van der Waals surface area contributed by atoms with Crippen LogP contribution in [0.5, 0.6) is 0 Å². The summed E-state index contributed by atoms with van der Waals surface area (Å²) in [7, 11) is 0. The lowest BCUT2D eigenvalue weighted by atomic mass is 9.99. The molecule has 2 heterocycles. The SMILES string of the molecule is CCCCC(CC)CNc1nc(C)c2ccc(=O)n(-c3ccc(C(=O)NCCc4ccccc4)cc3)c2n1. The zero-order chi connectivity index (χ0) is 26.9. The van der Waals surface area contributed by atoms with Crippen molar-refractivity contribution in [3.8, 4) is 5.69 Å². The number of anilines is 1. The van der Waals surface area contributed by atoms with Crippen molar-refractivity contribution in [2.24, 2.45) is 5.92 Å². The number of aromatic nitrogens is 3. The summed E-state index contributed by atoms with van der Waals surface area (Å²) in [5.74, 6) is 0.938. The van der Waals surface area contributed by atoms with Gasteiger partial charge >= 0.3 is 0 Å². The molecule has 198 valence electrons. The predicted molar refractivity (Wildman–Crippen MR) is 154 cm³/mol. The Hall–Kier alpha value is -4.00. The van der Waals surface area contributed by atoms with Crippen molar-refractivity contribution in [2.45, 2.75) is 52.9 Å². The van der Waals surface area contributed by atoms with E-state index in [9.17, 15) is 9.59 Å². The Bertz CT molecular complexity index is 1410. The standard InChI is InChI=1S/C31H37N5O2/c1-4-6-10-23(5-2)21-33-31-34-22(3)27-17-18-28(37)36(29(27)35-31)26-15-13-25(14-16-26)30(38)32-20-19-24-11-8-7-9-12-24/h7-9,11-18,23H,4-6,10,19-21H2,1-3H3,(H,32,38)(H,33,34,35). The highest BCUT2D eigenvalue weighted by molar-refractivity contribution is 5.94. The van der Waals surface area contributed by atoms with E-state index in [1.165, 1.54) is 30.9 Å². The lowest BCUT2D eigenvalue weighted by molar-refractivity contribution is 0.0954. The molecule has 0 fully saturated rings. The van der Waals surface area contributed by atoms with Gasteiger partial charge in [0.05, 0.1) is 11.4 Å². The summed E-state index contributed by atoms with van der Waals surface area (Å²) in [6.45, 7) is 7.70. The maximum atomic E-state index is 13.0. The third-order valence-corrected chi connectivity index (χ3v) is 6.96. The summed E-state index contributed by atoms with van der Waals surface area (Å²) in [6.07, 6.45) is 5.42. The number of pyridine rings is 1. The number of amides is 1. The molecule has 0 saturated heterocycles. The van der Waals surface area contributed by atoms with Crippen LogP contribution in [0.25, 0.3) is 16.7 Å². The number of unbranched alkanes of at least 4 members (excludes halogenated alkanes) is 1. The van der Waals surface area contributed by atoms with Gasteiger partial charge < -0.3 is 10.6 Å². The summed E-state index contributed by atoms with van der Waals surface area (Å²) in [5, 5.41) is 7.18. The molecule has 0 saturated carbocycles. The average molecular weight is 512 g/mol. The Balaban J connectivity index is 1.53. The quantitative estimate of drug-likeness (QED) is 0.255. The summed E-state index contributed by atoms with van der Waals surface area (Å²) >= 11 is 0. The van der Waals surface area contributed by atoms with Crippen molar-refractivity contribution in [1.29, 1.82) is 0 Å². The molecule has 0 spiro atoms. The van der Waals surface area contributed by atoms with Gasteiger partial charge in [0, 0.05) is 30.1 Å². The molecule has 4 rings (SSSR count). The van der Waals surface area contributed by atoms with Crippen LogP contribution in [0.4, 0.5) is 5.95 Å². The van der Waals surface area contributed by atoms with Crippen molar-refractivity contribution >= 4 is 22.9 Å². The van der Waals surface area contributed by atoms with E-state index in [2.05, 4.69) is 29.5 Å². The predicted octanol–water partition coefficient (Wildman–Crippen LogP) is 5.69. The third-order valence-electron chi connectivity index (χ3n) is 6.96.